The molecule has 4 rings (SSSR count). The van der Waals surface area contributed by atoms with Crippen molar-refractivity contribution in [1.82, 2.24) is 19.5 Å². The van der Waals surface area contributed by atoms with E-state index in [0.717, 1.165) is 35.4 Å². The van der Waals surface area contributed by atoms with Crippen molar-refractivity contribution in [2.75, 3.05) is 0 Å². The Hall–Kier alpha value is -2.77. The molecule has 0 saturated heterocycles. The predicted molar refractivity (Wildman–Crippen MR) is 119 cm³/mol. The summed E-state index contributed by atoms with van der Waals surface area (Å²) < 4.78 is 29.5. The average Bonchev–Trinajstić information content (AvgIpc) is 3.42. The van der Waals surface area contributed by atoms with Crippen LogP contribution in [0.1, 0.15) is 48.5 Å². The zero-order valence-corrected chi connectivity index (χ0v) is 17.8. The van der Waals surface area contributed by atoms with E-state index in [9.17, 15) is 8.42 Å². The second kappa shape index (κ2) is 8.93. The van der Waals surface area contributed by atoms with Crippen molar-refractivity contribution in [3.05, 3.63) is 77.0 Å². The van der Waals surface area contributed by atoms with Gasteiger partial charge in [-0.3, -0.25) is 9.67 Å². The molecule has 1 saturated carbocycles. The molecule has 2 heterocycles. The summed E-state index contributed by atoms with van der Waals surface area (Å²) >= 11 is 0. The van der Waals surface area contributed by atoms with E-state index in [4.69, 9.17) is 5.10 Å². The second-order valence-electron chi connectivity index (χ2n) is 7.70. The largest absolute Gasteiger partial charge is 0.260 e. The molecule has 1 aliphatic rings. The molecule has 1 N–H and O–H groups in total. The zero-order chi connectivity index (χ0) is 21.0. The number of sulfonamides is 1. The van der Waals surface area contributed by atoms with Gasteiger partial charge in [0.1, 0.15) is 0 Å². The van der Waals surface area contributed by atoms with E-state index in [1.807, 2.05) is 60.1 Å². The highest BCUT2D eigenvalue weighted by Gasteiger charge is 2.22. The van der Waals surface area contributed by atoms with E-state index in [2.05, 4.69) is 9.71 Å². The molecular weight excluding hydrogens is 396 g/mol. The number of hydrogen-bond acceptors (Lipinski definition) is 4. The van der Waals surface area contributed by atoms with Crippen molar-refractivity contribution >= 4 is 16.1 Å². The fourth-order valence-electron chi connectivity index (χ4n) is 3.73. The molecule has 0 spiro atoms. The molecule has 0 amide bonds. The van der Waals surface area contributed by atoms with Gasteiger partial charge in [0.05, 0.1) is 29.7 Å². The number of aryl methyl sites for hydroxylation is 1. The fraction of sp³-hybridized carbons (Fsp3) is 0.304. The SMILES string of the molecule is Cc1ccc(/C=C/S(=O)(=O)NCc2cc(-c3ccccn3)n(C3CCCC3)n2)cc1. The van der Waals surface area contributed by atoms with Gasteiger partial charge in [0, 0.05) is 11.6 Å². The topological polar surface area (TPSA) is 76.9 Å². The highest BCUT2D eigenvalue weighted by molar-refractivity contribution is 7.92. The average molecular weight is 423 g/mol. The van der Waals surface area contributed by atoms with Crippen LogP contribution in [0.25, 0.3) is 17.5 Å². The van der Waals surface area contributed by atoms with Gasteiger partial charge in [-0.2, -0.15) is 5.10 Å². The minimum atomic E-state index is -3.57. The Kier molecular flexibility index (Phi) is 6.11. The van der Waals surface area contributed by atoms with Gasteiger partial charge in [0.25, 0.3) is 0 Å². The van der Waals surface area contributed by atoms with Crippen LogP contribution in [-0.2, 0) is 16.6 Å². The van der Waals surface area contributed by atoms with Crippen LogP contribution >= 0.6 is 0 Å². The third kappa shape index (κ3) is 5.04. The Morgan fingerprint density at radius 1 is 1.13 bits per heavy atom. The first-order valence-electron chi connectivity index (χ1n) is 10.2. The van der Waals surface area contributed by atoms with Crippen LogP contribution in [-0.4, -0.2) is 23.2 Å². The Morgan fingerprint density at radius 3 is 2.60 bits per heavy atom. The molecular formula is C23H26N4O2S. The molecule has 0 atom stereocenters. The van der Waals surface area contributed by atoms with Gasteiger partial charge in [0.15, 0.2) is 0 Å². The van der Waals surface area contributed by atoms with Gasteiger partial charge in [-0.25, -0.2) is 13.1 Å². The van der Waals surface area contributed by atoms with E-state index in [0.29, 0.717) is 11.7 Å². The van der Waals surface area contributed by atoms with Crippen LogP contribution in [0.3, 0.4) is 0 Å². The summed E-state index contributed by atoms with van der Waals surface area (Å²) in [6, 6.07) is 15.8. The molecule has 6 nitrogen and oxygen atoms in total. The number of nitrogens with zero attached hydrogens (tertiary/aromatic N) is 3. The lowest BCUT2D eigenvalue weighted by atomic mass is 10.2. The van der Waals surface area contributed by atoms with Crippen molar-refractivity contribution in [2.45, 2.75) is 45.2 Å². The standard InChI is InChI=1S/C23H26N4O2S/c1-18-9-11-19(12-10-18)13-15-30(28,29)25-17-20-16-23(22-8-4-5-14-24-22)27(26-20)21-6-2-3-7-21/h4-5,8-16,21,25H,2-3,6-7,17H2,1H3/b15-13+. The number of pyridine rings is 1. The highest BCUT2D eigenvalue weighted by atomic mass is 32.2. The molecule has 0 radical (unpaired) electrons. The van der Waals surface area contributed by atoms with Crippen molar-refractivity contribution in [1.29, 1.82) is 0 Å². The van der Waals surface area contributed by atoms with E-state index < -0.39 is 10.0 Å². The highest BCUT2D eigenvalue weighted by Crippen LogP contribution is 2.33. The molecule has 7 heteroatoms. The Bertz CT molecular complexity index is 1110. The van der Waals surface area contributed by atoms with Crippen LogP contribution in [0, 0.1) is 6.92 Å². The molecule has 0 bridgehead atoms. The van der Waals surface area contributed by atoms with E-state index in [-0.39, 0.29) is 6.54 Å². The summed E-state index contributed by atoms with van der Waals surface area (Å²) in [7, 11) is -3.57. The van der Waals surface area contributed by atoms with Crippen molar-refractivity contribution in [3.63, 3.8) is 0 Å². The summed E-state index contributed by atoms with van der Waals surface area (Å²) in [6.07, 6.45) is 7.92. The lowest BCUT2D eigenvalue weighted by Crippen LogP contribution is -2.21. The van der Waals surface area contributed by atoms with E-state index in [1.165, 1.54) is 18.2 Å². The summed E-state index contributed by atoms with van der Waals surface area (Å²) in [4.78, 5) is 4.46. The predicted octanol–water partition coefficient (Wildman–Crippen LogP) is 4.46. The molecule has 3 aromatic rings. The molecule has 0 aliphatic heterocycles. The minimum Gasteiger partial charge on any atom is -0.260 e. The Balaban J connectivity index is 1.50. The monoisotopic (exact) mass is 422 g/mol. The molecule has 1 aromatic carbocycles. The van der Waals surface area contributed by atoms with Gasteiger partial charge in [-0.15, -0.1) is 0 Å². The lowest BCUT2D eigenvalue weighted by molar-refractivity contribution is 0.466. The molecule has 1 aliphatic carbocycles. The number of nitrogens with one attached hydrogen (secondary N) is 1. The maximum atomic E-state index is 12.4. The van der Waals surface area contributed by atoms with Crippen molar-refractivity contribution in [2.24, 2.45) is 0 Å². The van der Waals surface area contributed by atoms with Crippen LogP contribution in [0.4, 0.5) is 0 Å². The molecule has 156 valence electrons. The molecule has 30 heavy (non-hydrogen) atoms. The van der Waals surface area contributed by atoms with Crippen LogP contribution in [0.5, 0.6) is 0 Å². The Labute approximate surface area is 177 Å². The third-order valence-electron chi connectivity index (χ3n) is 5.36. The van der Waals surface area contributed by atoms with Crippen LogP contribution < -0.4 is 4.72 Å². The number of aromatic nitrogens is 3. The number of benzene rings is 1. The Morgan fingerprint density at radius 2 is 1.90 bits per heavy atom. The first kappa shape index (κ1) is 20.5. The summed E-state index contributed by atoms with van der Waals surface area (Å²) in [5.41, 5.74) is 4.45. The third-order valence-corrected chi connectivity index (χ3v) is 6.40. The normalized spacial score (nSPS) is 15.2. The van der Waals surface area contributed by atoms with Crippen molar-refractivity contribution < 1.29 is 8.42 Å². The second-order valence-corrected chi connectivity index (χ2v) is 9.35. The van der Waals surface area contributed by atoms with Crippen LogP contribution in [0.15, 0.2) is 60.1 Å². The van der Waals surface area contributed by atoms with E-state index >= 15 is 0 Å². The fourth-order valence-corrected chi connectivity index (χ4v) is 4.51. The summed E-state index contributed by atoms with van der Waals surface area (Å²) in [5, 5.41) is 5.92. The first-order valence-corrected chi connectivity index (χ1v) is 11.8. The summed E-state index contributed by atoms with van der Waals surface area (Å²) in [5.74, 6) is 0. The smallest absolute Gasteiger partial charge is 0.234 e. The maximum absolute atomic E-state index is 12.4. The van der Waals surface area contributed by atoms with Gasteiger partial charge in [0.2, 0.25) is 10.0 Å². The minimum absolute atomic E-state index is 0.139. The van der Waals surface area contributed by atoms with E-state index in [1.54, 1.807) is 12.3 Å². The van der Waals surface area contributed by atoms with Gasteiger partial charge in [-0.1, -0.05) is 48.7 Å². The zero-order valence-electron chi connectivity index (χ0n) is 17.0. The van der Waals surface area contributed by atoms with Gasteiger partial charge < -0.3 is 0 Å². The van der Waals surface area contributed by atoms with Gasteiger partial charge >= 0.3 is 0 Å². The molecule has 2 aromatic heterocycles. The van der Waals surface area contributed by atoms with Gasteiger partial charge in [-0.05, 0) is 49.6 Å². The first-order chi connectivity index (χ1) is 14.5. The number of hydrogen-bond donors (Lipinski definition) is 1. The summed E-state index contributed by atoms with van der Waals surface area (Å²) in [6.45, 7) is 2.13. The quantitative estimate of drug-likeness (QED) is 0.610. The maximum Gasteiger partial charge on any atom is 0.234 e. The lowest BCUT2D eigenvalue weighted by Gasteiger charge is -2.13. The van der Waals surface area contributed by atoms with Crippen LogP contribution in [0.2, 0.25) is 0 Å². The number of rotatable bonds is 7. The van der Waals surface area contributed by atoms with Crippen molar-refractivity contribution in [3.8, 4) is 11.4 Å². The molecule has 0 unspecified atom stereocenters. The molecule has 1 fully saturated rings.